The molecule has 0 saturated carbocycles. The number of piperidine rings is 1. The summed E-state index contributed by atoms with van der Waals surface area (Å²) in [5.74, 6) is 0.677. The van der Waals surface area contributed by atoms with Gasteiger partial charge in [-0.05, 0) is 51.1 Å². The van der Waals surface area contributed by atoms with Gasteiger partial charge in [0.15, 0.2) is 5.69 Å². The van der Waals surface area contributed by atoms with E-state index in [4.69, 9.17) is 0 Å². The molecule has 0 aliphatic carbocycles. The van der Waals surface area contributed by atoms with Crippen molar-refractivity contribution in [1.82, 2.24) is 25.2 Å². The summed E-state index contributed by atoms with van der Waals surface area (Å²) in [6, 6.07) is 0.722. The highest BCUT2D eigenvalue weighted by atomic mass is 35.5. The van der Waals surface area contributed by atoms with Crippen LogP contribution in [0.3, 0.4) is 0 Å². The highest BCUT2D eigenvalue weighted by Gasteiger charge is 2.29. The number of rotatable bonds is 4. The molecule has 2 fully saturated rings. The Morgan fingerprint density at radius 3 is 2.72 bits per heavy atom. The predicted octanol–water partition coefficient (Wildman–Crippen LogP) is 3.06. The lowest BCUT2D eigenvalue weighted by atomic mass is 9.98. The van der Waals surface area contributed by atoms with E-state index < -0.39 is 0 Å². The zero-order valence-electron chi connectivity index (χ0n) is 15.5. The highest BCUT2D eigenvalue weighted by Crippen LogP contribution is 2.24. The molecule has 0 aromatic carbocycles. The summed E-state index contributed by atoms with van der Waals surface area (Å²) in [7, 11) is 0. The van der Waals surface area contributed by atoms with Gasteiger partial charge in [-0.1, -0.05) is 31.9 Å². The summed E-state index contributed by atoms with van der Waals surface area (Å²) in [4.78, 5) is 15.1. The molecule has 7 heteroatoms. The van der Waals surface area contributed by atoms with Crippen molar-refractivity contribution >= 4 is 18.3 Å². The van der Waals surface area contributed by atoms with Gasteiger partial charge >= 0.3 is 0 Å². The SMILES string of the molecule is CC(C)CC1CCCCCN1C(=O)c1cn(C2CCNCC2)nn1.Cl. The summed E-state index contributed by atoms with van der Waals surface area (Å²) >= 11 is 0. The standard InChI is InChI=1S/C18H31N5O.ClH/c1-14(2)12-16-6-4-3-5-11-22(16)18(24)17-13-23(21-20-17)15-7-9-19-10-8-15;/h13-16,19H,3-12H2,1-2H3;1H. The fraction of sp³-hybridized carbons (Fsp3) is 0.833. The Bertz CT molecular complexity index is 541. The minimum Gasteiger partial charge on any atom is -0.334 e. The van der Waals surface area contributed by atoms with Crippen LogP contribution in [0.15, 0.2) is 6.20 Å². The van der Waals surface area contributed by atoms with Crippen LogP contribution in [0.1, 0.15) is 75.3 Å². The number of aromatic nitrogens is 3. The lowest BCUT2D eigenvalue weighted by Gasteiger charge is -2.30. The molecule has 2 saturated heterocycles. The number of halogens is 1. The van der Waals surface area contributed by atoms with Gasteiger partial charge in [-0.15, -0.1) is 17.5 Å². The number of hydrogen-bond donors (Lipinski definition) is 1. The van der Waals surface area contributed by atoms with Gasteiger partial charge in [0.2, 0.25) is 0 Å². The normalized spacial score (nSPS) is 22.5. The van der Waals surface area contributed by atoms with Crippen molar-refractivity contribution in [3.05, 3.63) is 11.9 Å². The van der Waals surface area contributed by atoms with E-state index in [0.29, 0.717) is 23.7 Å². The topological polar surface area (TPSA) is 63.1 Å². The summed E-state index contributed by atoms with van der Waals surface area (Å²) in [6.45, 7) is 7.35. The Labute approximate surface area is 157 Å². The molecule has 1 aromatic heterocycles. The minimum absolute atomic E-state index is 0. The Kier molecular flexibility index (Phi) is 7.69. The van der Waals surface area contributed by atoms with Crippen LogP contribution < -0.4 is 5.32 Å². The molecule has 142 valence electrons. The van der Waals surface area contributed by atoms with Crippen LogP contribution in [0.5, 0.6) is 0 Å². The maximum absolute atomic E-state index is 13.0. The van der Waals surface area contributed by atoms with Crippen molar-refractivity contribution in [3.8, 4) is 0 Å². The zero-order chi connectivity index (χ0) is 16.9. The second-order valence-electron chi connectivity index (χ2n) is 7.70. The largest absolute Gasteiger partial charge is 0.334 e. The zero-order valence-corrected chi connectivity index (χ0v) is 16.3. The van der Waals surface area contributed by atoms with Gasteiger partial charge in [0.05, 0.1) is 12.2 Å². The predicted molar refractivity (Wildman–Crippen MR) is 101 cm³/mol. The van der Waals surface area contributed by atoms with E-state index in [1.54, 1.807) is 0 Å². The smallest absolute Gasteiger partial charge is 0.276 e. The van der Waals surface area contributed by atoms with Crippen LogP contribution in [0.4, 0.5) is 0 Å². The van der Waals surface area contributed by atoms with Crippen LogP contribution in [-0.2, 0) is 0 Å². The second kappa shape index (κ2) is 9.53. The number of nitrogens with one attached hydrogen (secondary N) is 1. The average molecular weight is 370 g/mol. The van der Waals surface area contributed by atoms with Crippen LogP contribution in [0.2, 0.25) is 0 Å². The number of hydrogen-bond acceptors (Lipinski definition) is 4. The quantitative estimate of drug-likeness (QED) is 0.885. The van der Waals surface area contributed by atoms with Gasteiger partial charge in [-0.3, -0.25) is 4.79 Å². The molecule has 3 rings (SSSR count). The van der Waals surface area contributed by atoms with Crippen molar-refractivity contribution < 1.29 is 4.79 Å². The van der Waals surface area contributed by atoms with Crippen molar-refractivity contribution in [1.29, 1.82) is 0 Å². The van der Waals surface area contributed by atoms with Crippen molar-refractivity contribution in [3.63, 3.8) is 0 Å². The first-order valence-electron chi connectivity index (χ1n) is 9.58. The molecular formula is C18H32ClN5O. The van der Waals surface area contributed by atoms with Crippen LogP contribution >= 0.6 is 12.4 Å². The molecule has 3 heterocycles. The fourth-order valence-electron chi connectivity index (χ4n) is 4.01. The molecule has 6 nitrogen and oxygen atoms in total. The third-order valence-corrected chi connectivity index (χ3v) is 5.29. The Morgan fingerprint density at radius 1 is 1.24 bits per heavy atom. The monoisotopic (exact) mass is 369 g/mol. The number of carbonyl (C=O) groups excluding carboxylic acids is 1. The first kappa shape index (κ1) is 20.2. The van der Waals surface area contributed by atoms with Gasteiger partial charge in [0.1, 0.15) is 0 Å². The summed E-state index contributed by atoms with van der Waals surface area (Å²) in [5, 5.41) is 11.8. The maximum atomic E-state index is 13.0. The van der Waals surface area contributed by atoms with Crippen molar-refractivity contribution in [2.75, 3.05) is 19.6 Å². The lowest BCUT2D eigenvalue weighted by Crippen LogP contribution is -2.41. The average Bonchev–Trinajstić information content (AvgIpc) is 2.97. The molecule has 1 atom stereocenters. The van der Waals surface area contributed by atoms with Crippen molar-refractivity contribution in [2.45, 2.75) is 70.9 Å². The van der Waals surface area contributed by atoms with Gasteiger partial charge in [0.25, 0.3) is 5.91 Å². The third kappa shape index (κ3) is 5.17. The maximum Gasteiger partial charge on any atom is 0.276 e. The van der Waals surface area contributed by atoms with E-state index in [1.807, 2.05) is 10.9 Å². The Balaban J connectivity index is 0.00000225. The molecule has 1 unspecified atom stereocenters. The molecule has 0 bridgehead atoms. The van der Waals surface area contributed by atoms with Gasteiger partial charge in [-0.25, -0.2) is 4.68 Å². The molecule has 0 radical (unpaired) electrons. The van der Waals surface area contributed by atoms with E-state index in [0.717, 1.165) is 51.7 Å². The first-order chi connectivity index (χ1) is 11.6. The second-order valence-corrected chi connectivity index (χ2v) is 7.70. The number of amides is 1. The summed E-state index contributed by atoms with van der Waals surface area (Å²) in [5.41, 5.74) is 0.518. The van der Waals surface area contributed by atoms with Crippen molar-refractivity contribution in [2.24, 2.45) is 5.92 Å². The Hall–Kier alpha value is -1.14. The molecule has 2 aliphatic heterocycles. The van der Waals surface area contributed by atoms with Crippen LogP contribution in [-0.4, -0.2) is 51.5 Å². The third-order valence-electron chi connectivity index (χ3n) is 5.29. The van der Waals surface area contributed by atoms with E-state index in [-0.39, 0.29) is 18.3 Å². The van der Waals surface area contributed by atoms with E-state index in [2.05, 4.69) is 34.4 Å². The molecule has 25 heavy (non-hydrogen) atoms. The molecular weight excluding hydrogens is 338 g/mol. The first-order valence-corrected chi connectivity index (χ1v) is 9.58. The van der Waals surface area contributed by atoms with Gasteiger partial charge < -0.3 is 10.2 Å². The van der Waals surface area contributed by atoms with E-state index >= 15 is 0 Å². The highest BCUT2D eigenvalue weighted by molar-refractivity contribution is 5.92. The molecule has 1 amide bonds. The van der Waals surface area contributed by atoms with Gasteiger partial charge in [-0.2, -0.15) is 0 Å². The van der Waals surface area contributed by atoms with Crippen LogP contribution in [0.25, 0.3) is 0 Å². The minimum atomic E-state index is 0. The summed E-state index contributed by atoms with van der Waals surface area (Å²) < 4.78 is 1.91. The van der Waals surface area contributed by atoms with E-state index in [1.165, 1.54) is 12.8 Å². The number of nitrogens with zero attached hydrogens (tertiary/aromatic N) is 4. The number of carbonyl (C=O) groups is 1. The van der Waals surface area contributed by atoms with Gasteiger partial charge in [0, 0.05) is 12.6 Å². The Morgan fingerprint density at radius 2 is 2.00 bits per heavy atom. The lowest BCUT2D eigenvalue weighted by molar-refractivity contribution is 0.0655. The number of likely N-dealkylation sites (tertiary alicyclic amines) is 1. The molecule has 1 aromatic rings. The summed E-state index contributed by atoms with van der Waals surface area (Å²) in [6.07, 6.45) is 9.72. The van der Waals surface area contributed by atoms with E-state index in [9.17, 15) is 4.79 Å². The fourth-order valence-corrected chi connectivity index (χ4v) is 4.01. The molecule has 2 aliphatic rings. The molecule has 0 spiro atoms. The van der Waals surface area contributed by atoms with Crippen LogP contribution in [0, 0.1) is 5.92 Å². The molecule has 1 N–H and O–H groups in total.